The van der Waals surface area contributed by atoms with Crippen LogP contribution < -0.4 is 5.43 Å². The summed E-state index contributed by atoms with van der Waals surface area (Å²) >= 11 is 0. The highest BCUT2D eigenvalue weighted by Crippen LogP contribution is 2.24. The van der Waals surface area contributed by atoms with E-state index < -0.39 is 28.5 Å². The van der Waals surface area contributed by atoms with Crippen molar-refractivity contribution in [2.45, 2.75) is 6.92 Å². The number of hydrogen-bond donors (Lipinski definition) is 2. The van der Waals surface area contributed by atoms with Crippen molar-refractivity contribution in [1.29, 1.82) is 0 Å². The number of phenols is 1. The first kappa shape index (κ1) is 11.8. The van der Waals surface area contributed by atoms with Crippen LogP contribution in [0, 0.1) is 0 Å². The van der Waals surface area contributed by atoms with Crippen molar-refractivity contribution < 1.29 is 24.2 Å². The molecule has 6 nitrogen and oxygen atoms in total. The molecule has 0 spiro atoms. The molecule has 1 aromatic carbocycles. The number of aromatic hydroxyl groups is 1. The quantitative estimate of drug-likeness (QED) is 0.778. The number of benzene rings is 1. The predicted octanol–water partition coefficient (Wildman–Crippen LogP) is 1.40. The third-order valence-corrected chi connectivity index (χ3v) is 2.44. The molecule has 2 rings (SSSR count). The molecule has 0 saturated heterocycles. The monoisotopic (exact) mass is 248 g/mol. The highest BCUT2D eigenvalue weighted by molar-refractivity contribution is 6.05. The summed E-state index contributed by atoms with van der Waals surface area (Å²) in [5, 5.41) is 18.4. The van der Waals surface area contributed by atoms with E-state index in [9.17, 15) is 19.5 Å². The number of Topliss-reactive ketones (excluding diaryl/α,β-unsaturated/α-hetero) is 1. The molecular formula is C12H8O6. The normalized spacial score (nSPS) is 10.5. The van der Waals surface area contributed by atoms with Crippen LogP contribution in [0.25, 0.3) is 11.0 Å². The maximum absolute atomic E-state index is 12.0. The van der Waals surface area contributed by atoms with Gasteiger partial charge in [-0.2, -0.15) is 0 Å². The molecule has 92 valence electrons. The van der Waals surface area contributed by atoms with Crippen LogP contribution in [0.3, 0.4) is 0 Å². The maximum Gasteiger partial charge on any atom is 0.372 e. The van der Waals surface area contributed by atoms with Gasteiger partial charge in [0.2, 0.25) is 11.2 Å². The van der Waals surface area contributed by atoms with E-state index in [2.05, 4.69) is 0 Å². The summed E-state index contributed by atoms with van der Waals surface area (Å²) in [6.07, 6.45) is 0. The lowest BCUT2D eigenvalue weighted by Crippen LogP contribution is -2.19. The first-order valence-electron chi connectivity index (χ1n) is 4.96. The Balaban J connectivity index is 3.05. The molecule has 0 atom stereocenters. The summed E-state index contributed by atoms with van der Waals surface area (Å²) in [6, 6.07) is 4.00. The van der Waals surface area contributed by atoms with Gasteiger partial charge >= 0.3 is 5.97 Å². The molecule has 0 aliphatic heterocycles. The van der Waals surface area contributed by atoms with Gasteiger partial charge in [-0.15, -0.1) is 0 Å². The molecule has 0 fully saturated rings. The highest BCUT2D eigenvalue weighted by atomic mass is 16.4. The second-order valence-corrected chi connectivity index (χ2v) is 3.65. The van der Waals surface area contributed by atoms with Crippen LogP contribution in [0.1, 0.15) is 27.8 Å². The number of carbonyl (C=O) groups excluding carboxylic acids is 1. The first-order valence-corrected chi connectivity index (χ1v) is 4.96. The van der Waals surface area contributed by atoms with E-state index in [0.29, 0.717) is 0 Å². The smallest absolute Gasteiger partial charge is 0.372 e. The van der Waals surface area contributed by atoms with Crippen LogP contribution in [0.4, 0.5) is 0 Å². The number of carbonyl (C=O) groups is 2. The van der Waals surface area contributed by atoms with Gasteiger partial charge in [-0.1, -0.05) is 6.07 Å². The van der Waals surface area contributed by atoms with Crippen LogP contribution in [0.15, 0.2) is 27.4 Å². The van der Waals surface area contributed by atoms with Crippen molar-refractivity contribution in [1.82, 2.24) is 0 Å². The van der Waals surface area contributed by atoms with Crippen molar-refractivity contribution in [3.05, 3.63) is 39.7 Å². The largest absolute Gasteiger partial charge is 0.504 e. The number of para-hydroxylation sites is 1. The van der Waals surface area contributed by atoms with Gasteiger partial charge in [-0.25, -0.2) is 4.79 Å². The topological polar surface area (TPSA) is 105 Å². The summed E-state index contributed by atoms with van der Waals surface area (Å²) in [7, 11) is 0. The predicted molar refractivity (Wildman–Crippen MR) is 61.1 cm³/mol. The van der Waals surface area contributed by atoms with Gasteiger partial charge in [0.1, 0.15) is 5.56 Å². The molecule has 1 aromatic heterocycles. The second-order valence-electron chi connectivity index (χ2n) is 3.65. The zero-order valence-corrected chi connectivity index (χ0v) is 9.26. The maximum atomic E-state index is 12.0. The minimum absolute atomic E-state index is 0.0369. The minimum atomic E-state index is -1.54. The van der Waals surface area contributed by atoms with E-state index in [0.717, 1.165) is 6.92 Å². The van der Waals surface area contributed by atoms with Crippen LogP contribution >= 0.6 is 0 Å². The van der Waals surface area contributed by atoms with Gasteiger partial charge in [0.25, 0.3) is 0 Å². The third-order valence-electron chi connectivity index (χ3n) is 2.44. The molecule has 2 aromatic rings. The summed E-state index contributed by atoms with van der Waals surface area (Å²) < 4.78 is 4.96. The van der Waals surface area contributed by atoms with E-state index in [4.69, 9.17) is 9.52 Å². The second kappa shape index (κ2) is 3.99. The van der Waals surface area contributed by atoms with Gasteiger partial charge in [0, 0.05) is 0 Å². The van der Waals surface area contributed by atoms with Gasteiger partial charge < -0.3 is 14.6 Å². The number of carboxylic acids is 1. The van der Waals surface area contributed by atoms with Gasteiger partial charge in [0.15, 0.2) is 17.1 Å². The van der Waals surface area contributed by atoms with Gasteiger partial charge in [-0.05, 0) is 19.1 Å². The van der Waals surface area contributed by atoms with E-state index in [1.54, 1.807) is 0 Å². The fraction of sp³-hybridized carbons (Fsp3) is 0.0833. The average molecular weight is 248 g/mol. The molecule has 0 saturated carbocycles. The molecular weight excluding hydrogens is 240 g/mol. The molecule has 0 amide bonds. The molecule has 0 bridgehead atoms. The Bertz CT molecular complexity index is 725. The summed E-state index contributed by atoms with van der Waals surface area (Å²) in [4.78, 5) is 34.3. The van der Waals surface area contributed by atoms with E-state index in [-0.39, 0.29) is 16.7 Å². The summed E-state index contributed by atoms with van der Waals surface area (Å²) in [6.45, 7) is 1.08. The fourth-order valence-electron chi connectivity index (χ4n) is 1.67. The van der Waals surface area contributed by atoms with Crippen LogP contribution in [-0.4, -0.2) is 22.0 Å². The molecule has 18 heavy (non-hydrogen) atoms. The zero-order valence-electron chi connectivity index (χ0n) is 9.26. The van der Waals surface area contributed by atoms with Gasteiger partial charge in [0.05, 0.1) is 5.39 Å². The third kappa shape index (κ3) is 1.64. The van der Waals surface area contributed by atoms with Crippen molar-refractivity contribution in [3.8, 4) is 5.75 Å². The fourth-order valence-corrected chi connectivity index (χ4v) is 1.67. The standard InChI is InChI=1S/C12H8O6/c1-5(13)8-9(15)6-3-2-4-7(14)10(6)18-11(8)12(16)17/h2-4,14H,1H3,(H,16,17). The Morgan fingerprint density at radius 1 is 1.28 bits per heavy atom. The number of rotatable bonds is 2. The van der Waals surface area contributed by atoms with Gasteiger partial charge in [-0.3, -0.25) is 9.59 Å². The lowest BCUT2D eigenvalue weighted by Gasteiger charge is -2.05. The number of hydrogen-bond acceptors (Lipinski definition) is 5. The minimum Gasteiger partial charge on any atom is -0.504 e. The number of aromatic carboxylic acids is 1. The SMILES string of the molecule is CC(=O)c1c(C(=O)O)oc2c(O)cccc2c1=O. The summed E-state index contributed by atoms with van der Waals surface area (Å²) in [5.74, 6) is -3.36. The number of carboxylic acid groups (broad SMARTS) is 1. The van der Waals surface area contributed by atoms with Crippen molar-refractivity contribution in [2.75, 3.05) is 0 Å². The lowest BCUT2D eigenvalue weighted by atomic mass is 10.1. The van der Waals surface area contributed by atoms with Crippen molar-refractivity contribution in [3.63, 3.8) is 0 Å². The van der Waals surface area contributed by atoms with E-state index in [1.807, 2.05) is 0 Å². The Labute approximate surface area is 100 Å². The van der Waals surface area contributed by atoms with Crippen molar-refractivity contribution in [2.24, 2.45) is 0 Å². The molecule has 2 N–H and O–H groups in total. The number of phenolic OH excluding ortho intramolecular Hbond substituents is 1. The molecule has 0 unspecified atom stereocenters. The van der Waals surface area contributed by atoms with Crippen LogP contribution in [0.2, 0.25) is 0 Å². The molecule has 1 heterocycles. The Morgan fingerprint density at radius 3 is 2.50 bits per heavy atom. The summed E-state index contributed by atoms with van der Waals surface area (Å²) in [5.41, 5.74) is -1.54. The number of fused-ring (bicyclic) bond motifs is 1. The average Bonchev–Trinajstić information content (AvgIpc) is 2.29. The molecule has 0 aliphatic carbocycles. The molecule has 0 aliphatic rings. The Morgan fingerprint density at radius 2 is 1.94 bits per heavy atom. The zero-order chi connectivity index (χ0) is 13.4. The van der Waals surface area contributed by atoms with Crippen molar-refractivity contribution >= 4 is 22.7 Å². The molecule has 0 radical (unpaired) electrons. The van der Waals surface area contributed by atoms with Crippen LogP contribution in [0.5, 0.6) is 5.75 Å². The Hall–Kier alpha value is -2.63. The Kier molecular flexibility index (Phi) is 2.63. The lowest BCUT2D eigenvalue weighted by molar-refractivity contribution is 0.0657. The van der Waals surface area contributed by atoms with Crippen LogP contribution in [-0.2, 0) is 0 Å². The van der Waals surface area contributed by atoms with E-state index in [1.165, 1.54) is 18.2 Å². The molecule has 6 heteroatoms. The van der Waals surface area contributed by atoms with E-state index >= 15 is 0 Å². The number of ketones is 1. The first-order chi connectivity index (χ1) is 8.43. The highest BCUT2D eigenvalue weighted by Gasteiger charge is 2.23.